The Bertz CT molecular complexity index is 692. The lowest BCUT2D eigenvalue weighted by molar-refractivity contribution is -0.129. The van der Waals surface area contributed by atoms with Crippen molar-refractivity contribution in [2.75, 3.05) is 41.5 Å². The van der Waals surface area contributed by atoms with Crippen LogP contribution in [0.3, 0.4) is 0 Å². The zero-order valence-corrected chi connectivity index (χ0v) is 15.7. The van der Waals surface area contributed by atoms with Gasteiger partial charge >= 0.3 is 0 Å². The van der Waals surface area contributed by atoms with Crippen molar-refractivity contribution in [3.05, 3.63) is 48.0 Å². The summed E-state index contributed by atoms with van der Waals surface area (Å²) in [6.07, 6.45) is 0.235. The molecule has 0 aromatic heterocycles. The van der Waals surface area contributed by atoms with Crippen LogP contribution in [0.1, 0.15) is 5.56 Å². The van der Waals surface area contributed by atoms with Gasteiger partial charge in [0.05, 0.1) is 34.3 Å². The molecule has 0 unspecified atom stereocenters. The molecule has 0 saturated carbocycles. The lowest BCUT2D eigenvalue weighted by atomic mass is 10.1. The number of carbonyl (C=O) groups is 1. The number of amides is 1. The van der Waals surface area contributed by atoms with Crippen molar-refractivity contribution < 1.29 is 23.7 Å². The van der Waals surface area contributed by atoms with Crippen LogP contribution in [0.25, 0.3) is 0 Å². The van der Waals surface area contributed by atoms with E-state index in [9.17, 15) is 4.79 Å². The van der Waals surface area contributed by atoms with Gasteiger partial charge in [-0.05, 0) is 29.8 Å². The van der Waals surface area contributed by atoms with E-state index in [2.05, 4.69) is 0 Å². The Balaban J connectivity index is 1.95. The summed E-state index contributed by atoms with van der Waals surface area (Å²) in [7, 11) is 6.41. The van der Waals surface area contributed by atoms with Gasteiger partial charge in [-0.2, -0.15) is 0 Å². The first-order valence-electron chi connectivity index (χ1n) is 8.29. The second-order valence-corrected chi connectivity index (χ2v) is 5.69. The fourth-order valence-electron chi connectivity index (χ4n) is 2.49. The van der Waals surface area contributed by atoms with Crippen molar-refractivity contribution in [1.82, 2.24) is 4.90 Å². The first kappa shape index (κ1) is 19.4. The minimum atomic E-state index is -0.0177. The largest absolute Gasteiger partial charge is 0.493 e. The second kappa shape index (κ2) is 9.56. The number of hydrogen-bond acceptors (Lipinski definition) is 5. The lowest BCUT2D eigenvalue weighted by Crippen LogP contribution is -2.32. The Kier molecular flexibility index (Phi) is 7.14. The third-order valence-corrected chi connectivity index (χ3v) is 3.94. The molecule has 0 saturated heterocycles. The zero-order valence-electron chi connectivity index (χ0n) is 15.7. The quantitative estimate of drug-likeness (QED) is 0.689. The molecule has 140 valence electrons. The summed E-state index contributed by atoms with van der Waals surface area (Å²) < 4.78 is 21.6. The molecule has 2 rings (SSSR count). The lowest BCUT2D eigenvalue weighted by Gasteiger charge is -2.19. The van der Waals surface area contributed by atoms with Gasteiger partial charge in [0.1, 0.15) is 12.4 Å². The van der Waals surface area contributed by atoms with Gasteiger partial charge in [0.2, 0.25) is 11.7 Å². The number of benzene rings is 2. The van der Waals surface area contributed by atoms with Crippen molar-refractivity contribution in [3.63, 3.8) is 0 Å². The molecule has 6 nitrogen and oxygen atoms in total. The van der Waals surface area contributed by atoms with Gasteiger partial charge in [0.25, 0.3) is 0 Å². The molecular formula is C20H25NO5. The van der Waals surface area contributed by atoms with E-state index >= 15 is 0 Å². The Morgan fingerprint density at radius 3 is 2.12 bits per heavy atom. The van der Waals surface area contributed by atoms with Gasteiger partial charge in [-0.15, -0.1) is 0 Å². The van der Waals surface area contributed by atoms with Crippen molar-refractivity contribution in [1.29, 1.82) is 0 Å². The topological polar surface area (TPSA) is 57.2 Å². The molecule has 0 N–H and O–H groups in total. The standard InChI is InChI=1S/C20H25NO5/c1-21(10-11-26-16-8-6-5-7-9-16)19(22)14-15-12-17(23-2)20(25-4)18(13-15)24-3/h5-9,12-13H,10-11,14H2,1-4H3. The van der Waals surface area contributed by atoms with Gasteiger partial charge in [0, 0.05) is 7.05 Å². The number of nitrogens with zero attached hydrogens (tertiary/aromatic N) is 1. The van der Waals surface area contributed by atoms with Crippen molar-refractivity contribution >= 4 is 5.91 Å². The van der Waals surface area contributed by atoms with Crippen LogP contribution >= 0.6 is 0 Å². The van der Waals surface area contributed by atoms with Crippen LogP contribution in [-0.2, 0) is 11.2 Å². The van der Waals surface area contributed by atoms with Crippen molar-refractivity contribution in [3.8, 4) is 23.0 Å². The maximum atomic E-state index is 12.5. The van der Waals surface area contributed by atoms with E-state index in [1.807, 2.05) is 30.3 Å². The smallest absolute Gasteiger partial charge is 0.226 e. The highest BCUT2D eigenvalue weighted by atomic mass is 16.5. The molecule has 0 aliphatic carbocycles. The summed E-state index contributed by atoms with van der Waals surface area (Å²) in [5.41, 5.74) is 0.792. The number of methoxy groups -OCH3 is 3. The van der Waals surface area contributed by atoms with E-state index in [1.165, 1.54) is 0 Å². The van der Waals surface area contributed by atoms with Gasteiger partial charge in [-0.25, -0.2) is 0 Å². The van der Waals surface area contributed by atoms with Crippen LogP contribution in [0.15, 0.2) is 42.5 Å². The number of rotatable bonds is 9. The van der Waals surface area contributed by atoms with Crippen LogP contribution in [-0.4, -0.2) is 52.3 Å². The van der Waals surface area contributed by atoms with E-state index in [1.54, 1.807) is 45.4 Å². The molecule has 2 aromatic carbocycles. The normalized spacial score (nSPS) is 10.2. The molecule has 0 aliphatic rings. The highest BCUT2D eigenvalue weighted by Gasteiger charge is 2.16. The van der Waals surface area contributed by atoms with Crippen LogP contribution < -0.4 is 18.9 Å². The molecular weight excluding hydrogens is 334 g/mol. The Hall–Kier alpha value is -2.89. The fraction of sp³-hybridized carbons (Fsp3) is 0.350. The van der Waals surface area contributed by atoms with E-state index in [0.717, 1.165) is 11.3 Å². The summed E-state index contributed by atoms with van der Waals surface area (Å²) in [5.74, 6) is 2.35. The van der Waals surface area contributed by atoms with E-state index in [-0.39, 0.29) is 12.3 Å². The Labute approximate surface area is 154 Å². The van der Waals surface area contributed by atoms with Crippen LogP contribution in [0.4, 0.5) is 0 Å². The third-order valence-electron chi connectivity index (χ3n) is 3.94. The molecule has 2 aromatic rings. The Morgan fingerprint density at radius 1 is 0.962 bits per heavy atom. The predicted molar refractivity (Wildman–Crippen MR) is 99.4 cm³/mol. The fourth-order valence-corrected chi connectivity index (χ4v) is 2.49. The SMILES string of the molecule is COc1cc(CC(=O)N(C)CCOc2ccccc2)cc(OC)c1OC. The van der Waals surface area contributed by atoms with Gasteiger partial charge in [0.15, 0.2) is 11.5 Å². The first-order chi connectivity index (χ1) is 12.6. The average molecular weight is 359 g/mol. The minimum Gasteiger partial charge on any atom is -0.493 e. The number of para-hydroxylation sites is 1. The highest BCUT2D eigenvalue weighted by Crippen LogP contribution is 2.38. The average Bonchev–Trinajstić information content (AvgIpc) is 2.67. The molecule has 0 heterocycles. The molecule has 0 spiro atoms. The highest BCUT2D eigenvalue weighted by molar-refractivity contribution is 5.79. The number of hydrogen-bond donors (Lipinski definition) is 0. The monoisotopic (exact) mass is 359 g/mol. The second-order valence-electron chi connectivity index (χ2n) is 5.69. The Morgan fingerprint density at radius 2 is 1.58 bits per heavy atom. The maximum Gasteiger partial charge on any atom is 0.226 e. The number of ether oxygens (including phenoxy) is 4. The summed E-state index contributed by atoms with van der Waals surface area (Å²) in [6, 6.07) is 13.1. The molecule has 6 heteroatoms. The van der Waals surface area contributed by atoms with E-state index in [0.29, 0.717) is 30.4 Å². The molecule has 1 amide bonds. The maximum absolute atomic E-state index is 12.5. The van der Waals surface area contributed by atoms with Crippen LogP contribution in [0, 0.1) is 0 Å². The number of likely N-dealkylation sites (N-methyl/N-ethyl adjacent to an activating group) is 1. The third kappa shape index (κ3) is 5.05. The first-order valence-corrected chi connectivity index (χ1v) is 8.29. The van der Waals surface area contributed by atoms with Gasteiger partial charge in [-0.3, -0.25) is 4.79 Å². The molecule has 0 fully saturated rings. The molecule has 0 radical (unpaired) electrons. The minimum absolute atomic E-state index is 0.0177. The molecule has 0 aliphatic heterocycles. The molecule has 0 atom stereocenters. The summed E-state index contributed by atoms with van der Waals surface area (Å²) in [4.78, 5) is 14.1. The predicted octanol–water partition coefficient (Wildman–Crippen LogP) is 2.79. The molecule has 26 heavy (non-hydrogen) atoms. The number of carbonyl (C=O) groups excluding carboxylic acids is 1. The van der Waals surface area contributed by atoms with E-state index in [4.69, 9.17) is 18.9 Å². The van der Waals surface area contributed by atoms with Gasteiger partial charge < -0.3 is 23.8 Å². The zero-order chi connectivity index (χ0) is 18.9. The summed E-state index contributed by atoms with van der Waals surface area (Å²) in [5, 5.41) is 0. The van der Waals surface area contributed by atoms with E-state index < -0.39 is 0 Å². The van der Waals surface area contributed by atoms with Crippen LogP contribution in [0.5, 0.6) is 23.0 Å². The summed E-state index contributed by atoms with van der Waals surface area (Å²) >= 11 is 0. The molecule has 0 bridgehead atoms. The van der Waals surface area contributed by atoms with Crippen molar-refractivity contribution in [2.45, 2.75) is 6.42 Å². The summed E-state index contributed by atoms with van der Waals surface area (Å²) in [6.45, 7) is 0.930. The van der Waals surface area contributed by atoms with Crippen molar-refractivity contribution in [2.24, 2.45) is 0 Å². The van der Waals surface area contributed by atoms with Crippen LogP contribution in [0.2, 0.25) is 0 Å². The van der Waals surface area contributed by atoms with Gasteiger partial charge in [-0.1, -0.05) is 18.2 Å².